The number of nitrogens with two attached hydrogens (primary N) is 1. The van der Waals surface area contributed by atoms with Crippen LogP contribution in [0.4, 0.5) is 0 Å². The predicted molar refractivity (Wildman–Crippen MR) is 61.6 cm³/mol. The van der Waals surface area contributed by atoms with Gasteiger partial charge in [0.2, 0.25) is 0 Å². The van der Waals surface area contributed by atoms with E-state index in [1.165, 1.54) is 0 Å². The van der Waals surface area contributed by atoms with E-state index in [4.69, 9.17) is 20.4 Å². The Morgan fingerprint density at radius 1 is 1.50 bits per heavy atom. The summed E-state index contributed by atoms with van der Waals surface area (Å²) in [6.07, 6.45) is 3.21. The first-order valence-electron chi connectivity index (χ1n) is 5.73. The molecule has 0 radical (unpaired) electrons. The van der Waals surface area contributed by atoms with Crippen molar-refractivity contribution in [1.29, 1.82) is 0 Å². The van der Waals surface area contributed by atoms with Gasteiger partial charge < -0.3 is 20.4 Å². The molecule has 16 heavy (non-hydrogen) atoms. The van der Waals surface area contributed by atoms with Gasteiger partial charge in [-0.2, -0.15) is 0 Å². The van der Waals surface area contributed by atoms with Crippen molar-refractivity contribution in [2.45, 2.75) is 39.2 Å². The Bertz CT molecular complexity index is 237. The van der Waals surface area contributed by atoms with Crippen molar-refractivity contribution in [2.75, 3.05) is 19.8 Å². The summed E-state index contributed by atoms with van der Waals surface area (Å²) in [5, 5.41) is 11.7. The minimum Gasteiger partial charge on any atom is -0.409 e. The van der Waals surface area contributed by atoms with Crippen molar-refractivity contribution in [3.05, 3.63) is 0 Å². The van der Waals surface area contributed by atoms with Crippen molar-refractivity contribution >= 4 is 5.84 Å². The van der Waals surface area contributed by atoms with E-state index in [2.05, 4.69) is 5.16 Å². The van der Waals surface area contributed by atoms with Gasteiger partial charge >= 0.3 is 0 Å². The molecule has 0 unspecified atom stereocenters. The van der Waals surface area contributed by atoms with Crippen molar-refractivity contribution in [1.82, 2.24) is 0 Å². The van der Waals surface area contributed by atoms with Gasteiger partial charge in [0.1, 0.15) is 11.9 Å². The molecule has 1 aliphatic rings. The van der Waals surface area contributed by atoms with Gasteiger partial charge in [0.15, 0.2) is 0 Å². The molecule has 1 heterocycles. The number of unbranched alkanes of at least 4 members (excludes halogenated alkanes) is 1. The largest absolute Gasteiger partial charge is 0.409 e. The molecule has 3 N–H and O–H groups in total. The second-order valence-electron chi connectivity index (χ2n) is 4.86. The summed E-state index contributed by atoms with van der Waals surface area (Å²) in [4.78, 5) is 0. The summed E-state index contributed by atoms with van der Waals surface area (Å²) in [7, 11) is 0. The van der Waals surface area contributed by atoms with Crippen LogP contribution >= 0.6 is 0 Å². The van der Waals surface area contributed by atoms with Gasteiger partial charge in [-0.15, -0.1) is 0 Å². The minimum atomic E-state index is -0.242. The van der Waals surface area contributed by atoms with E-state index in [0.717, 1.165) is 39.1 Å². The molecular formula is C11H22N2O3. The van der Waals surface area contributed by atoms with Gasteiger partial charge in [-0.25, -0.2) is 0 Å². The van der Waals surface area contributed by atoms with Crippen LogP contribution in [0.25, 0.3) is 0 Å². The first-order valence-corrected chi connectivity index (χ1v) is 5.73. The third-order valence-electron chi connectivity index (χ3n) is 2.96. The summed E-state index contributed by atoms with van der Waals surface area (Å²) in [6, 6.07) is 0. The molecule has 0 spiro atoms. The highest BCUT2D eigenvalue weighted by Crippen LogP contribution is 2.23. The lowest BCUT2D eigenvalue weighted by molar-refractivity contribution is -0.130. The molecule has 0 aromatic heterocycles. The van der Waals surface area contributed by atoms with Gasteiger partial charge in [-0.05, 0) is 12.8 Å². The lowest BCUT2D eigenvalue weighted by Gasteiger charge is -2.26. The van der Waals surface area contributed by atoms with Crippen LogP contribution in [-0.2, 0) is 9.47 Å². The van der Waals surface area contributed by atoms with Crippen molar-refractivity contribution in [3.8, 4) is 0 Å². The van der Waals surface area contributed by atoms with Gasteiger partial charge in [-0.1, -0.05) is 25.4 Å². The van der Waals surface area contributed by atoms with E-state index in [1.54, 1.807) is 0 Å². The predicted octanol–water partition coefficient (Wildman–Crippen LogP) is 1.34. The SMILES string of the molecule is CC(C)(CCCCOC1COC1)C(N)=NO. The van der Waals surface area contributed by atoms with E-state index in [0.29, 0.717) is 11.9 Å². The number of oxime groups is 1. The smallest absolute Gasteiger partial charge is 0.144 e. The van der Waals surface area contributed by atoms with Crippen molar-refractivity contribution in [2.24, 2.45) is 16.3 Å². The molecule has 1 rings (SSSR count). The van der Waals surface area contributed by atoms with E-state index >= 15 is 0 Å². The zero-order valence-corrected chi connectivity index (χ0v) is 10.1. The number of nitrogens with zero attached hydrogens (tertiary/aromatic N) is 1. The summed E-state index contributed by atoms with van der Waals surface area (Å²) in [5.74, 6) is 0.292. The molecule has 0 aromatic rings. The van der Waals surface area contributed by atoms with Crippen LogP contribution in [0.15, 0.2) is 5.16 Å². The lowest BCUT2D eigenvalue weighted by atomic mass is 9.86. The molecule has 5 heteroatoms. The highest BCUT2D eigenvalue weighted by Gasteiger charge is 2.23. The summed E-state index contributed by atoms with van der Waals surface area (Å²) in [5.41, 5.74) is 5.35. The molecule has 5 nitrogen and oxygen atoms in total. The fourth-order valence-corrected chi connectivity index (χ4v) is 1.49. The number of hydrogen-bond acceptors (Lipinski definition) is 4. The normalized spacial score (nSPS) is 18.5. The van der Waals surface area contributed by atoms with Gasteiger partial charge in [0.05, 0.1) is 13.2 Å². The van der Waals surface area contributed by atoms with E-state index < -0.39 is 0 Å². The molecule has 0 atom stereocenters. The maximum absolute atomic E-state index is 8.61. The average Bonchev–Trinajstić information content (AvgIpc) is 2.19. The Hall–Kier alpha value is -0.810. The third kappa shape index (κ3) is 3.98. The number of ether oxygens (including phenoxy) is 2. The molecule has 1 saturated heterocycles. The van der Waals surface area contributed by atoms with Crippen LogP contribution in [0, 0.1) is 5.41 Å². The molecular weight excluding hydrogens is 208 g/mol. The van der Waals surface area contributed by atoms with Gasteiger partial charge in [0, 0.05) is 12.0 Å². The topological polar surface area (TPSA) is 77.1 Å². The molecule has 1 fully saturated rings. The molecule has 0 amide bonds. The highest BCUT2D eigenvalue weighted by atomic mass is 16.6. The number of amidine groups is 1. The molecule has 0 saturated carbocycles. The molecule has 0 aliphatic carbocycles. The third-order valence-corrected chi connectivity index (χ3v) is 2.96. The maximum atomic E-state index is 8.61. The van der Waals surface area contributed by atoms with Crippen LogP contribution in [0.1, 0.15) is 33.1 Å². The summed E-state index contributed by atoms with van der Waals surface area (Å²) < 4.78 is 10.6. The first kappa shape index (κ1) is 13.3. The van der Waals surface area contributed by atoms with Gasteiger partial charge in [-0.3, -0.25) is 0 Å². The van der Waals surface area contributed by atoms with E-state index in [1.807, 2.05) is 13.8 Å². The lowest BCUT2D eigenvalue weighted by Crippen LogP contribution is -2.36. The second-order valence-corrected chi connectivity index (χ2v) is 4.86. The maximum Gasteiger partial charge on any atom is 0.144 e. The summed E-state index contributed by atoms with van der Waals surface area (Å²) in [6.45, 7) is 6.18. The fourth-order valence-electron chi connectivity index (χ4n) is 1.49. The number of rotatable bonds is 7. The first-order chi connectivity index (χ1) is 7.56. The molecule has 0 bridgehead atoms. The van der Waals surface area contributed by atoms with Crippen molar-refractivity contribution in [3.63, 3.8) is 0 Å². The van der Waals surface area contributed by atoms with Crippen molar-refractivity contribution < 1.29 is 14.7 Å². The summed E-state index contributed by atoms with van der Waals surface area (Å²) >= 11 is 0. The Labute approximate surface area is 96.6 Å². The van der Waals surface area contributed by atoms with Crippen LogP contribution < -0.4 is 5.73 Å². The standard InChI is InChI=1S/C11H22N2O3/c1-11(2,10(12)13-14)5-3-4-6-16-9-7-15-8-9/h9,14H,3-8H2,1-2H3,(H2,12,13). The molecule has 1 aliphatic heterocycles. The fraction of sp³-hybridized carbons (Fsp3) is 0.909. The second kappa shape index (κ2) is 6.06. The Morgan fingerprint density at radius 3 is 2.69 bits per heavy atom. The highest BCUT2D eigenvalue weighted by molar-refractivity contribution is 5.85. The monoisotopic (exact) mass is 230 g/mol. The Morgan fingerprint density at radius 2 is 2.19 bits per heavy atom. The van der Waals surface area contributed by atoms with Crippen LogP contribution in [0.3, 0.4) is 0 Å². The van der Waals surface area contributed by atoms with E-state index in [-0.39, 0.29) is 5.41 Å². The Balaban J connectivity index is 2.05. The number of hydrogen-bond donors (Lipinski definition) is 2. The van der Waals surface area contributed by atoms with Gasteiger partial charge in [0.25, 0.3) is 0 Å². The molecule has 94 valence electrons. The quantitative estimate of drug-likeness (QED) is 0.227. The minimum absolute atomic E-state index is 0.242. The molecule has 0 aromatic carbocycles. The van der Waals surface area contributed by atoms with Crippen LogP contribution in [0.5, 0.6) is 0 Å². The van der Waals surface area contributed by atoms with E-state index in [9.17, 15) is 0 Å². The Kier molecular flexibility index (Phi) is 5.02. The zero-order chi connectivity index (χ0) is 12.0. The van der Waals surface area contributed by atoms with Crippen LogP contribution in [-0.4, -0.2) is 37.0 Å². The zero-order valence-electron chi connectivity index (χ0n) is 10.1. The average molecular weight is 230 g/mol. The van der Waals surface area contributed by atoms with Crippen LogP contribution in [0.2, 0.25) is 0 Å².